The summed E-state index contributed by atoms with van der Waals surface area (Å²) >= 11 is 0. The molecule has 1 aromatic rings. The van der Waals surface area contributed by atoms with E-state index < -0.39 is 10.0 Å². The van der Waals surface area contributed by atoms with Crippen LogP contribution in [0.2, 0.25) is 0 Å². The average molecular weight is 314 g/mol. The van der Waals surface area contributed by atoms with Crippen LogP contribution in [0.3, 0.4) is 0 Å². The molecule has 21 heavy (non-hydrogen) atoms. The van der Waals surface area contributed by atoms with Crippen molar-refractivity contribution in [1.29, 1.82) is 0 Å². The summed E-state index contributed by atoms with van der Waals surface area (Å²) in [5.74, 6) is 0.650. The van der Waals surface area contributed by atoms with Crippen molar-refractivity contribution in [2.45, 2.75) is 38.5 Å². The van der Waals surface area contributed by atoms with Crippen molar-refractivity contribution in [2.24, 2.45) is 5.92 Å². The molecule has 0 aromatic heterocycles. The smallest absolute Gasteiger partial charge is 0.246 e. The van der Waals surface area contributed by atoms with Crippen LogP contribution in [0.1, 0.15) is 33.6 Å². The molecule has 0 aliphatic carbocycles. The van der Waals surface area contributed by atoms with Gasteiger partial charge in [-0.05, 0) is 18.1 Å². The lowest BCUT2D eigenvalue weighted by Crippen LogP contribution is -2.35. The number of nitrogens with zero attached hydrogens (tertiary/aromatic N) is 1. The summed E-state index contributed by atoms with van der Waals surface area (Å²) in [6.07, 6.45) is 1.92. The van der Waals surface area contributed by atoms with Gasteiger partial charge in [-0.1, -0.05) is 33.6 Å². The zero-order chi connectivity index (χ0) is 16.0. The lowest BCUT2D eigenvalue weighted by atomic mass is 10.0. The normalized spacial score (nSPS) is 12.1. The highest BCUT2D eigenvalue weighted by atomic mass is 32.2. The van der Waals surface area contributed by atoms with Gasteiger partial charge in [0.1, 0.15) is 10.6 Å². The second-order valence-electron chi connectivity index (χ2n) is 5.05. The van der Waals surface area contributed by atoms with E-state index in [1.165, 1.54) is 23.5 Å². The van der Waals surface area contributed by atoms with E-state index in [0.717, 1.165) is 12.8 Å². The van der Waals surface area contributed by atoms with E-state index in [0.29, 0.717) is 24.7 Å². The Balaban J connectivity index is 3.18. The molecule has 0 amide bonds. The third kappa shape index (κ3) is 4.11. The molecule has 0 unspecified atom stereocenters. The standard InChI is InChI=1S/C15H26N2O3S/c1-5-12(6-2)11-17(7-3)21(18,19)15-9-8-13(16)10-14(15)20-4/h8-10,12H,5-7,11,16H2,1-4H3. The monoisotopic (exact) mass is 314 g/mol. The molecule has 6 heteroatoms. The number of hydrogen-bond acceptors (Lipinski definition) is 4. The largest absolute Gasteiger partial charge is 0.495 e. The van der Waals surface area contributed by atoms with Crippen molar-refractivity contribution in [2.75, 3.05) is 25.9 Å². The van der Waals surface area contributed by atoms with Crippen LogP contribution in [0, 0.1) is 5.92 Å². The quantitative estimate of drug-likeness (QED) is 0.749. The lowest BCUT2D eigenvalue weighted by Gasteiger charge is -2.25. The first-order valence-electron chi connectivity index (χ1n) is 7.34. The van der Waals surface area contributed by atoms with Gasteiger partial charge in [-0.25, -0.2) is 8.42 Å². The van der Waals surface area contributed by atoms with Crippen LogP contribution in [-0.2, 0) is 10.0 Å². The SMILES string of the molecule is CCC(CC)CN(CC)S(=O)(=O)c1ccc(N)cc1OC. The molecule has 0 saturated carbocycles. The minimum Gasteiger partial charge on any atom is -0.495 e. The third-order valence-corrected chi connectivity index (χ3v) is 5.75. The van der Waals surface area contributed by atoms with Crippen LogP contribution >= 0.6 is 0 Å². The molecule has 0 atom stereocenters. The fraction of sp³-hybridized carbons (Fsp3) is 0.600. The number of methoxy groups -OCH3 is 1. The summed E-state index contributed by atoms with van der Waals surface area (Å²) < 4.78 is 32.3. The molecule has 1 rings (SSSR count). The van der Waals surface area contributed by atoms with Crippen molar-refractivity contribution < 1.29 is 13.2 Å². The minimum absolute atomic E-state index is 0.173. The van der Waals surface area contributed by atoms with E-state index in [4.69, 9.17) is 10.5 Å². The molecule has 0 radical (unpaired) electrons. The zero-order valence-electron chi connectivity index (χ0n) is 13.3. The van der Waals surface area contributed by atoms with Crippen LogP contribution in [-0.4, -0.2) is 32.9 Å². The average Bonchev–Trinajstić information content (AvgIpc) is 2.47. The number of ether oxygens (including phenoxy) is 1. The Bertz CT molecular complexity index is 554. The molecule has 0 saturated heterocycles. The summed E-state index contributed by atoms with van der Waals surface area (Å²) in [7, 11) is -2.12. The second kappa shape index (κ2) is 7.66. The van der Waals surface area contributed by atoms with Crippen LogP contribution in [0.5, 0.6) is 5.75 Å². The van der Waals surface area contributed by atoms with Crippen LogP contribution in [0.15, 0.2) is 23.1 Å². The van der Waals surface area contributed by atoms with Crippen molar-refractivity contribution >= 4 is 15.7 Å². The van der Waals surface area contributed by atoms with Gasteiger partial charge < -0.3 is 10.5 Å². The molecular weight excluding hydrogens is 288 g/mol. The number of benzene rings is 1. The molecule has 120 valence electrons. The lowest BCUT2D eigenvalue weighted by molar-refractivity contribution is 0.336. The maximum Gasteiger partial charge on any atom is 0.246 e. The van der Waals surface area contributed by atoms with Crippen molar-refractivity contribution in [3.05, 3.63) is 18.2 Å². The van der Waals surface area contributed by atoms with Gasteiger partial charge in [-0.3, -0.25) is 0 Å². The maximum atomic E-state index is 12.8. The highest BCUT2D eigenvalue weighted by Gasteiger charge is 2.28. The van der Waals surface area contributed by atoms with Gasteiger partial charge in [0.05, 0.1) is 7.11 Å². The highest BCUT2D eigenvalue weighted by Crippen LogP contribution is 2.29. The van der Waals surface area contributed by atoms with Crippen molar-refractivity contribution in [3.8, 4) is 5.75 Å². The summed E-state index contributed by atoms with van der Waals surface area (Å²) in [6, 6.07) is 4.64. The predicted molar refractivity (Wildman–Crippen MR) is 85.9 cm³/mol. The van der Waals surface area contributed by atoms with E-state index in [9.17, 15) is 8.42 Å². The van der Waals surface area contributed by atoms with Crippen LogP contribution in [0.25, 0.3) is 0 Å². The Labute approximate surface area is 128 Å². The number of anilines is 1. The van der Waals surface area contributed by atoms with E-state index >= 15 is 0 Å². The summed E-state index contributed by atoms with van der Waals surface area (Å²) in [5, 5.41) is 0. The Kier molecular flexibility index (Phi) is 6.48. The molecule has 0 fully saturated rings. The zero-order valence-corrected chi connectivity index (χ0v) is 14.1. The first-order valence-corrected chi connectivity index (χ1v) is 8.78. The first-order chi connectivity index (χ1) is 9.90. The van der Waals surface area contributed by atoms with Gasteiger partial charge in [-0.15, -0.1) is 0 Å². The summed E-state index contributed by atoms with van der Waals surface area (Å²) in [6.45, 7) is 6.98. The third-order valence-electron chi connectivity index (χ3n) is 3.77. The minimum atomic E-state index is -3.57. The van der Waals surface area contributed by atoms with Gasteiger partial charge in [0.15, 0.2) is 0 Å². The van der Waals surface area contributed by atoms with Gasteiger partial charge in [0, 0.05) is 24.8 Å². The fourth-order valence-electron chi connectivity index (χ4n) is 2.27. The molecule has 2 N–H and O–H groups in total. The van der Waals surface area contributed by atoms with Gasteiger partial charge in [-0.2, -0.15) is 4.31 Å². The topological polar surface area (TPSA) is 72.6 Å². The van der Waals surface area contributed by atoms with Crippen LogP contribution in [0.4, 0.5) is 5.69 Å². The molecule has 0 spiro atoms. The Morgan fingerprint density at radius 3 is 2.33 bits per heavy atom. The summed E-state index contributed by atoms with van der Waals surface area (Å²) in [5.41, 5.74) is 6.17. The van der Waals surface area contributed by atoms with Crippen molar-refractivity contribution in [1.82, 2.24) is 4.31 Å². The van der Waals surface area contributed by atoms with Gasteiger partial charge in [0.2, 0.25) is 10.0 Å². The van der Waals surface area contributed by atoms with Crippen molar-refractivity contribution in [3.63, 3.8) is 0 Å². The Morgan fingerprint density at radius 2 is 1.86 bits per heavy atom. The Morgan fingerprint density at radius 1 is 1.24 bits per heavy atom. The molecule has 1 aromatic carbocycles. The first kappa shape index (κ1) is 17.8. The second-order valence-corrected chi connectivity index (χ2v) is 6.95. The molecule has 0 heterocycles. The highest BCUT2D eigenvalue weighted by molar-refractivity contribution is 7.89. The molecule has 0 bridgehead atoms. The summed E-state index contributed by atoms with van der Waals surface area (Å²) in [4.78, 5) is 0.173. The molecule has 0 aliphatic heterocycles. The van der Waals surface area contributed by atoms with Gasteiger partial charge >= 0.3 is 0 Å². The number of rotatable bonds is 8. The molecule has 5 nitrogen and oxygen atoms in total. The van der Waals surface area contributed by atoms with E-state index in [1.807, 2.05) is 6.92 Å². The van der Waals surface area contributed by atoms with E-state index in [2.05, 4.69) is 13.8 Å². The predicted octanol–water partition coefficient (Wildman–Crippen LogP) is 2.72. The number of hydrogen-bond donors (Lipinski definition) is 1. The van der Waals surface area contributed by atoms with E-state index in [-0.39, 0.29) is 10.6 Å². The fourth-order valence-corrected chi connectivity index (χ4v) is 3.93. The number of nitrogen functional groups attached to an aromatic ring is 1. The molecule has 0 aliphatic rings. The maximum absolute atomic E-state index is 12.8. The number of sulfonamides is 1. The number of nitrogens with two attached hydrogens (primary N) is 1. The van der Waals surface area contributed by atoms with Gasteiger partial charge in [0.25, 0.3) is 0 Å². The Hall–Kier alpha value is -1.27. The van der Waals surface area contributed by atoms with Crippen LogP contribution < -0.4 is 10.5 Å². The van der Waals surface area contributed by atoms with E-state index in [1.54, 1.807) is 6.07 Å². The molecular formula is C15H26N2O3S.